The number of alkyl halides is 1. The molecule has 0 radical (unpaired) electrons. The molecule has 1 heterocycles. The van der Waals surface area contributed by atoms with Crippen LogP contribution < -0.4 is 0 Å². The molecule has 0 bridgehead atoms. The highest BCUT2D eigenvalue weighted by Crippen LogP contribution is 2.38. The Kier molecular flexibility index (Phi) is 7.09. The van der Waals surface area contributed by atoms with Gasteiger partial charge in [-0.25, -0.2) is 0 Å². The Bertz CT molecular complexity index is 263. The van der Waals surface area contributed by atoms with Crippen LogP contribution in [0.3, 0.4) is 0 Å². The van der Waals surface area contributed by atoms with Crippen molar-refractivity contribution in [2.75, 3.05) is 11.1 Å². The number of rotatable bonds is 8. The quantitative estimate of drug-likeness (QED) is 0.429. The second kappa shape index (κ2) is 7.78. The van der Waals surface area contributed by atoms with Gasteiger partial charge in [0, 0.05) is 11.1 Å². The molecule has 0 N–H and O–H groups in total. The minimum absolute atomic E-state index is 0.498. The molecular formula is C13H21BrS2. The molecule has 0 unspecified atom stereocenters. The van der Waals surface area contributed by atoms with Gasteiger partial charge in [0.15, 0.2) is 0 Å². The van der Waals surface area contributed by atoms with E-state index in [-0.39, 0.29) is 0 Å². The van der Waals surface area contributed by atoms with Crippen LogP contribution in [0.2, 0.25) is 0 Å². The Balaban J connectivity index is 2.54. The summed E-state index contributed by atoms with van der Waals surface area (Å²) in [7, 11) is 0. The lowest BCUT2D eigenvalue weighted by Gasteiger charge is -2.31. The first-order valence-corrected chi connectivity index (χ1v) is 8.97. The Labute approximate surface area is 116 Å². The fraction of sp³-hybridized carbons (Fsp3) is 0.692. The van der Waals surface area contributed by atoms with Crippen molar-refractivity contribution in [2.45, 2.75) is 43.7 Å². The molecule has 0 amide bonds. The zero-order valence-electron chi connectivity index (χ0n) is 10.2. The zero-order valence-corrected chi connectivity index (χ0v) is 13.4. The van der Waals surface area contributed by atoms with Crippen LogP contribution in [0.15, 0.2) is 21.7 Å². The van der Waals surface area contributed by atoms with Gasteiger partial charge in [0.1, 0.15) is 0 Å². The SMILES string of the molecule is CCCC(CBr)(CCC)CSc1cccs1. The molecule has 0 nitrogen and oxygen atoms in total. The average Bonchev–Trinajstić information content (AvgIpc) is 2.79. The molecule has 0 saturated heterocycles. The van der Waals surface area contributed by atoms with E-state index >= 15 is 0 Å². The third kappa shape index (κ3) is 4.42. The van der Waals surface area contributed by atoms with Crippen molar-refractivity contribution < 1.29 is 0 Å². The molecule has 3 heteroatoms. The largest absolute Gasteiger partial charge is 0.137 e. The average molecular weight is 321 g/mol. The van der Waals surface area contributed by atoms with Gasteiger partial charge >= 0.3 is 0 Å². The summed E-state index contributed by atoms with van der Waals surface area (Å²) in [5.74, 6) is 1.25. The smallest absolute Gasteiger partial charge is 0.0598 e. The van der Waals surface area contributed by atoms with Crippen LogP contribution in [0.5, 0.6) is 0 Å². The lowest BCUT2D eigenvalue weighted by molar-refractivity contribution is 0.320. The minimum atomic E-state index is 0.498. The van der Waals surface area contributed by atoms with Crippen LogP contribution in [-0.4, -0.2) is 11.1 Å². The maximum Gasteiger partial charge on any atom is 0.0598 e. The van der Waals surface area contributed by atoms with Crippen molar-refractivity contribution in [3.05, 3.63) is 17.5 Å². The summed E-state index contributed by atoms with van der Waals surface area (Å²) in [5, 5.41) is 3.30. The standard InChI is InChI=1S/C13H21BrS2/c1-3-7-13(10-14,8-4-2)11-16-12-6-5-9-15-12/h5-6,9H,3-4,7-8,10-11H2,1-2H3. The molecule has 0 aliphatic carbocycles. The molecule has 16 heavy (non-hydrogen) atoms. The lowest BCUT2D eigenvalue weighted by atomic mass is 9.83. The van der Waals surface area contributed by atoms with E-state index in [4.69, 9.17) is 0 Å². The van der Waals surface area contributed by atoms with E-state index in [2.05, 4.69) is 47.3 Å². The monoisotopic (exact) mass is 320 g/mol. The first-order valence-electron chi connectivity index (χ1n) is 5.98. The molecule has 0 fully saturated rings. The van der Waals surface area contributed by atoms with Gasteiger partial charge in [-0.1, -0.05) is 48.7 Å². The summed E-state index contributed by atoms with van der Waals surface area (Å²) in [6, 6.07) is 4.37. The van der Waals surface area contributed by atoms with Crippen LogP contribution in [0.4, 0.5) is 0 Å². The van der Waals surface area contributed by atoms with Crippen LogP contribution in [-0.2, 0) is 0 Å². The summed E-state index contributed by atoms with van der Waals surface area (Å²) in [6.07, 6.45) is 5.25. The maximum atomic E-state index is 3.73. The first kappa shape index (κ1) is 14.6. The molecule has 0 aliphatic rings. The molecule has 0 spiro atoms. The van der Waals surface area contributed by atoms with Crippen LogP contribution in [0.25, 0.3) is 0 Å². The predicted molar refractivity (Wildman–Crippen MR) is 81.1 cm³/mol. The zero-order chi connectivity index (χ0) is 11.9. The summed E-state index contributed by atoms with van der Waals surface area (Å²) >= 11 is 7.61. The summed E-state index contributed by atoms with van der Waals surface area (Å²) in [5.41, 5.74) is 0.498. The summed E-state index contributed by atoms with van der Waals surface area (Å²) < 4.78 is 1.46. The third-order valence-electron chi connectivity index (χ3n) is 2.86. The van der Waals surface area contributed by atoms with Crippen molar-refractivity contribution in [3.63, 3.8) is 0 Å². The predicted octanol–water partition coefficient (Wildman–Crippen LogP) is 5.82. The molecular weight excluding hydrogens is 300 g/mol. The normalized spacial score (nSPS) is 11.9. The number of hydrogen-bond donors (Lipinski definition) is 0. The minimum Gasteiger partial charge on any atom is -0.137 e. The van der Waals surface area contributed by atoms with Crippen LogP contribution in [0, 0.1) is 5.41 Å². The maximum absolute atomic E-state index is 3.73. The number of thiophene rings is 1. The third-order valence-corrected chi connectivity index (χ3v) is 6.53. The van der Waals surface area contributed by atoms with Gasteiger partial charge in [0.05, 0.1) is 4.21 Å². The molecule has 0 aliphatic heterocycles. The van der Waals surface area contributed by atoms with Crippen molar-refractivity contribution in [2.24, 2.45) is 5.41 Å². The Morgan fingerprint density at radius 1 is 1.31 bits per heavy atom. The van der Waals surface area contributed by atoms with Gasteiger partial charge < -0.3 is 0 Å². The van der Waals surface area contributed by atoms with Gasteiger partial charge in [-0.15, -0.1) is 23.1 Å². The molecule has 0 aromatic carbocycles. The van der Waals surface area contributed by atoms with Gasteiger partial charge in [-0.05, 0) is 29.7 Å². The van der Waals surface area contributed by atoms with Crippen molar-refractivity contribution in [1.29, 1.82) is 0 Å². The second-order valence-electron chi connectivity index (χ2n) is 4.35. The van der Waals surface area contributed by atoms with Gasteiger partial charge in [-0.2, -0.15) is 0 Å². The van der Waals surface area contributed by atoms with E-state index in [0.29, 0.717) is 5.41 Å². The van der Waals surface area contributed by atoms with Gasteiger partial charge in [-0.3, -0.25) is 0 Å². The van der Waals surface area contributed by atoms with E-state index in [9.17, 15) is 0 Å². The van der Waals surface area contributed by atoms with Crippen LogP contribution >= 0.6 is 39.0 Å². The molecule has 0 saturated carbocycles. The van der Waals surface area contributed by atoms with E-state index in [1.54, 1.807) is 0 Å². The first-order chi connectivity index (χ1) is 7.76. The summed E-state index contributed by atoms with van der Waals surface area (Å²) in [4.78, 5) is 0. The number of thioether (sulfide) groups is 1. The highest BCUT2D eigenvalue weighted by molar-refractivity contribution is 9.09. The Hall–Kier alpha value is 0.530. The highest BCUT2D eigenvalue weighted by Gasteiger charge is 2.27. The van der Waals surface area contributed by atoms with Crippen molar-refractivity contribution >= 4 is 39.0 Å². The summed E-state index contributed by atoms with van der Waals surface area (Å²) in [6.45, 7) is 4.59. The van der Waals surface area contributed by atoms with E-state index in [0.717, 1.165) is 5.33 Å². The molecule has 1 aromatic rings. The molecule has 1 aromatic heterocycles. The van der Waals surface area contributed by atoms with Gasteiger partial charge in [0.25, 0.3) is 0 Å². The van der Waals surface area contributed by atoms with Crippen molar-refractivity contribution in [3.8, 4) is 0 Å². The van der Waals surface area contributed by atoms with E-state index < -0.39 is 0 Å². The van der Waals surface area contributed by atoms with E-state index in [1.807, 2.05) is 23.1 Å². The molecule has 0 atom stereocenters. The number of halogens is 1. The Morgan fingerprint density at radius 2 is 2.00 bits per heavy atom. The van der Waals surface area contributed by atoms with Gasteiger partial charge in [0.2, 0.25) is 0 Å². The topological polar surface area (TPSA) is 0 Å². The highest BCUT2D eigenvalue weighted by atomic mass is 79.9. The van der Waals surface area contributed by atoms with Crippen molar-refractivity contribution in [1.82, 2.24) is 0 Å². The molecule has 92 valence electrons. The van der Waals surface area contributed by atoms with Crippen LogP contribution in [0.1, 0.15) is 39.5 Å². The fourth-order valence-corrected chi connectivity index (χ4v) is 5.17. The Morgan fingerprint density at radius 3 is 2.44 bits per heavy atom. The number of hydrogen-bond acceptors (Lipinski definition) is 2. The van der Waals surface area contributed by atoms with E-state index in [1.165, 1.54) is 35.6 Å². The fourth-order valence-electron chi connectivity index (χ4n) is 2.07. The second-order valence-corrected chi connectivity index (χ2v) is 7.14. The molecule has 1 rings (SSSR count). The lowest BCUT2D eigenvalue weighted by Crippen LogP contribution is -2.25.